The molecule has 0 aliphatic carbocycles. The van der Waals surface area contributed by atoms with Gasteiger partial charge >= 0.3 is 0 Å². The van der Waals surface area contributed by atoms with Crippen LogP contribution in [0.25, 0.3) is 11.3 Å². The molecule has 29 heavy (non-hydrogen) atoms. The highest BCUT2D eigenvalue weighted by atomic mass is 32.2. The standard InChI is InChI=1S/C22H20N4O2S/c27-29(28,24-15-18-11-13-23-14-12-18)21-17-26(16-19-7-3-1-4-8-19)25-22(21)20-9-5-2-6-10-20/h1-14,17,24H,15-16H2. The van der Waals surface area contributed by atoms with Crippen molar-refractivity contribution in [3.8, 4) is 11.3 Å². The minimum absolute atomic E-state index is 0.161. The first-order valence-corrected chi connectivity index (χ1v) is 10.7. The maximum atomic E-state index is 13.1. The lowest BCUT2D eigenvalue weighted by Crippen LogP contribution is -2.23. The van der Waals surface area contributed by atoms with E-state index >= 15 is 0 Å². The van der Waals surface area contributed by atoms with Crippen LogP contribution in [0, 0.1) is 0 Å². The van der Waals surface area contributed by atoms with E-state index in [2.05, 4.69) is 14.8 Å². The molecule has 0 radical (unpaired) electrons. The summed E-state index contributed by atoms with van der Waals surface area (Å²) in [5, 5.41) is 4.58. The van der Waals surface area contributed by atoms with Gasteiger partial charge in [0.2, 0.25) is 10.0 Å². The predicted octanol–water partition coefficient (Wildman–Crippen LogP) is 3.47. The summed E-state index contributed by atoms with van der Waals surface area (Å²) in [6.07, 6.45) is 4.86. The van der Waals surface area contributed by atoms with E-state index in [9.17, 15) is 8.42 Å². The molecule has 0 fully saturated rings. The third-order valence-electron chi connectivity index (χ3n) is 4.47. The lowest BCUT2D eigenvalue weighted by Gasteiger charge is -2.07. The Hall–Kier alpha value is -3.29. The fourth-order valence-corrected chi connectivity index (χ4v) is 4.19. The Balaban J connectivity index is 1.68. The molecule has 2 aromatic carbocycles. The maximum absolute atomic E-state index is 13.1. The second-order valence-corrected chi connectivity index (χ2v) is 8.31. The van der Waals surface area contributed by atoms with Gasteiger partial charge in [-0.3, -0.25) is 9.67 Å². The third kappa shape index (κ3) is 4.59. The van der Waals surface area contributed by atoms with Crippen molar-refractivity contribution in [2.24, 2.45) is 0 Å². The number of rotatable bonds is 7. The van der Waals surface area contributed by atoms with Crippen molar-refractivity contribution in [3.05, 3.63) is 103 Å². The van der Waals surface area contributed by atoms with Gasteiger partial charge in [-0.1, -0.05) is 60.7 Å². The first-order valence-electron chi connectivity index (χ1n) is 9.17. The molecule has 146 valence electrons. The molecule has 0 amide bonds. The molecule has 6 nitrogen and oxygen atoms in total. The van der Waals surface area contributed by atoms with Gasteiger partial charge in [-0.2, -0.15) is 5.10 Å². The van der Waals surface area contributed by atoms with E-state index in [1.807, 2.05) is 60.7 Å². The number of sulfonamides is 1. The molecule has 0 aliphatic heterocycles. The lowest BCUT2D eigenvalue weighted by atomic mass is 10.2. The lowest BCUT2D eigenvalue weighted by molar-refractivity contribution is 0.581. The van der Waals surface area contributed by atoms with E-state index in [1.54, 1.807) is 35.4 Å². The van der Waals surface area contributed by atoms with Crippen LogP contribution in [0.5, 0.6) is 0 Å². The van der Waals surface area contributed by atoms with Gasteiger partial charge in [0.05, 0.1) is 6.54 Å². The second kappa shape index (κ2) is 8.38. The van der Waals surface area contributed by atoms with Crippen LogP contribution in [0.1, 0.15) is 11.1 Å². The SMILES string of the molecule is O=S(=O)(NCc1ccncc1)c1cn(Cc2ccccc2)nc1-c1ccccc1. The summed E-state index contributed by atoms with van der Waals surface area (Å²) in [6.45, 7) is 0.670. The minimum Gasteiger partial charge on any atom is -0.266 e. The Labute approximate surface area is 169 Å². The molecule has 4 aromatic rings. The molecule has 0 saturated carbocycles. The predicted molar refractivity (Wildman–Crippen MR) is 111 cm³/mol. The van der Waals surface area contributed by atoms with Crippen molar-refractivity contribution in [2.45, 2.75) is 18.0 Å². The van der Waals surface area contributed by atoms with Crippen LogP contribution >= 0.6 is 0 Å². The van der Waals surface area contributed by atoms with Crippen LogP contribution in [0.3, 0.4) is 0 Å². The Morgan fingerprint density at radius 2 is 1.48 bits per heavy atom. The van der Waals surface area contributed by atoms with Crippen molar-refractivity contribution < 1.29 is 8.42 Å². The van der Waals surface area contributed by atoms with E-state index in [4.69, 9.17) is 0 Å². The van der Waals surface area contributed by atoms with E-state index in [1.165, 1.54) is 0 Å². The summed E-state index contributed by atoms with van der Waals surface area (Å²) in [6, 6.07) is 22.7. The quantitative estimate of drug-likeness (QED) is 0.512. The van der Waals surface area contributed by atoms with Gasteiger partial charge in [0, 0.05) is 30.7 Å². The van der Waals surface area contributed by atoms with Gasteiger partial charge in [-0.25, -0.2) is 13.1 Å². The number of aromatic nitrogens is 3. The zero-order valence-electron chi connectivity index (χ0n) is 15.6. The Morgan fingerprint density at radius 3 is 2.17 bits per heavy atom. The Morgan fingerprint density at radius 1 is 0.828 bits per heavy atom. The van der Waals surface area contributed by atoms with E-state index < -0.39 is 10.0 Å². The number of benzene rings is 2. The Kier molecular flexibility index (Phi) is 5.50. The highest BCUT2D eigenvalue weighted by Crippen LogP contribution is 2.26. The average Bonchev–Trinajstić information content (AvgIpc) is 3.19. The summed E-state index contributed by atoms with van der Waals surface area (Å²) in [7, 11) is -3.76. The fraction of sp³-hybridized carbons (Fsp3) is 0.0909. The highest BCUT2D eigenvalue weighted by molar-refractivity contribution is 7.89. The number of hydrogen-bond acceptors (Lipinski definition) is 4. The maximum Gasteiger partial charge on any atom is 0.244 e. The van der Waals surface area contributed by atoms with E-state index in [-0.39, 0.29) is 11.4 Å². The first-order chi connectivity index (χ1) is 14.1. The smallest absolute Gasteiger partial charge is 0.244 e. The van der Waals surface area contributed by atoms with Crippen molar-refractivity contribution >= 4 is 10.0 Å². The average molecular weight is 404 g/mol. The molecule has 2 aromatic heterocycles. The molecule has 4 rings (SSSR count). The fourth-order valence-electron chi connectivity index (χ4n) is 3.00. The molecule has 0 unspecified atom stereocenters. The zero-order valence-corrected chi connectivity index (χ0v) is 16.5. The molecular weight excluding hydrogens is 384 g/mol. The Bertz CT molecular complexity index is 1180. The van der Waals surface area contributed by atoms with Crippen molar-refractivity contribution in [1.29, 1.82) is 0 Å². The molecule has 1 N–H and O–H groups in total. The summed E-state index contributed by atoms with van der Waals surface area (Å²) in [5.74, 6) is 0. The van der Waals surface area contributed by atoms with Gasteiger partial charge in [-0.15, -0.1) is 0 Å². The van der Waals surface area contributed by atoms with Gasteiger partial charge in [0.25, 0.3) is 0 Å². The normalized spacial score (nSPS) is 11.4. The van der Waals surface area contributed by atoms with E-state index in [0.29, 0.717) is 12.2 Å². The summed E-state index contributed by atoms with van der Waals surface area (Å²) >= 11 is 0. The molecule has 0 spiro atoms. The number of pyridine rings is 1. The van der Waals surface area contributed by atoms with Crippen LogP contribution < -0.4 is 4.72 Å². The number of nitrogens with one attached hydrogen (secondary N) is 1. The monoisotopic (exact) mass is 404 g/mol. The summed E-state index contributed by atoms with van der Waals surface area (Å²) in [4.78, 5) is 4.12. The van der Waals surface area contributed by atoms with Crippen LogP contribution in [-0.2, 0) is 23.1 Å². The van der Waals surface area contributed by atoms with Gasteiger partial charge < -0.3 is 0 Å². The summed E-state index contributed by atoms with van der Waals surface area (Å²) < 4.78 is 30.5. The van der Waals surface area contributed by atoms with E-state index in [0.717, 1.165) is 16.7 Å². The van der Waals surface area contributed by atoms with Crippen LogP contribution in [0.4, 0.5) is 0 Å². The first kappa shape index (κ1) is 19.0. The molecular formula is C22H20N4O2S. The molecule has 0 saturated heterocycles. The van der Waals surface area contributed by atoms with Crippen LogP contribution in [-0.4, -0.2) is 23.2 Å². The molecule has 7 heteroatoms. The second-order valence-electron chi connectivity index (χ2n) is 6.57. The zero-order chi connectivity index (χ0) is 20.1. The number of hydrogen-bond donors (Lipinski definition) is 1. The van der Waals surface area contributed by atoms with Crippen molar-refractivity contribution in [2.75, 3.05) is 0 Å². The largest absolute Gasteiger partial charge is 0.266 e. The number of nitrogens with zero attached hydrogens (tertiary/aromatic N) is 3. The third-order valence-corrected chi connectivity index (χ3v) is 5.87. The molecule has 0 bridgehead atoms. The molecule has 2 heterocycles. The van der Waals surface area contributed by atoms with Gasteiger partial charge in [0.15, 0.2) is 0 Å². The highest BCUT2D eigenvalue weighted by Gasteiger charge is 2.23. The minimum atomic E-state index is -3.76. The van der Waals surface area contributed by atoms with Crippen LogP contribution in [0.15, 0.2) is 96.3 Å². The van der Waals surface area contributed by atoms with Gasteiger partial charge in [-0.05, 0) is 23.3 Å². The topological polar surface area (TPSA) is 76.9 Å². The van der Waals surface area contributed by atoms with Gasteiger partial charge in [0.1, 0.15) is 10.6 Å². The molecule has 0 aliphatic rings. The van der Waals surface area contributed by atoms with Crippen molar-refractivity contribution in [1.82, 2.24) is 19.5 Å². The van der Waals surface area contributed by atoms with Crippen molar-refractivity contribution in [3.63, 3.8) is 0 Å². The molecule has 0 atom stereocenters. The summed E-state index contributed by atoms with van der Waals surface area (Å²) in [5.41, 5.74) is 3.07. The van der Waals surface area contributed by atoms with Crippen LogP contribution in [0.2, 0.25) is 0 Å².